The molecule has 1 unspecified atom stereocenters. The smallest absolute Gasteiger partial charge is 0.0639 e. The molecule has 0 aromatic heterocycles. The predicted molar refractivity (Wildman–Crippen MR) is 59.3 cm³/mol. The molecule has 0 aliphatic carbocycles. The van der Waals surface area contributed by atoms with E-state index < -0.39 is 0 Å². The van der Waals surface area contributed by atoms with E-state index in [-0.39, 0.29) is 6.04 Å². The minimum absolute atomic E-state index is 0.122. The molecule has 2 N–H and O–H groups in total. The van der Waals surface area contributed by atoms with E-state index >= 15 is 0 Å². The molecular formula is C11H14ClN. The summed E-state index contributed by atoms with van der Waals surface area (Å²) >= 11 is 5.90. The van der Waals surface area contributed by atoms with Crippen molar-refractivity contribution in [3.63, 3.8) is 0 Å². The lowest BCUT2D eigenvalue weighted by Gasteiger charge is -1.92. The van der Waals surface area contributed by atoms with Crippen molar-refractivity contribution >= 4 is 11.6 Å². The number of allylic oxidation sites excluding steroid dienone is 5. The van der Waals surface area contributed by atoms with Gasteiger partial charge in [-0.3, -0.25) is 0 Å². The maximum atomic E-state index is 5.90. The Kier molecular flexibility index (Phi) is 6.05. The first-order valence-electron chi connectivity index (χ1n) is 4.00. The summed E-state index contributed by atoms with van der Waals surface area (Å²) in [4.78, 5) is 0. The second-order valence-corrected chi connectivity index (χ2v) is 3.03. The summed E-state index contributed by atoms with van der Waals surface area (Å²) in [7, 11) is 0. The molecule has 0 saturated heterocycles. The summed E-state index contributed by atoms with van der Waals surface area (Å²) < 4.78 is 0. The Hall–Kier alpha value is -0.970. The molecule has 0 radical (unpaired) electrons. The molecule has 2 heteroatoms. The fourth-order valence-corrected chi connectivity index (χ4v) is 0.679. The van der Waals surface area contributed by atoms with Crippen LogP contribution in [0, 0.1) is 11.8 Å². The van der Waals surface area contributed by atoms with Gasteiger partial charge >= 0.3 is 0 Å². The minimum Gasteiger partial charge on any atom is -0.318 e. The van der Waals surface area contributed by atoms with Crippen molar-refractivity contribution < 1.29 is 0 Å². The molecule has 0 bridgehead atoms. The maximum Gasteiger partial charge on any atom is 0.0639 e. The second kappa shape index (κ2) is 6.54. The van der Waals surface area contributed by atoms with Gasteiger partial charge in [0.15, 0.2) is 0 Å². The van der Waals surface area contributed by atoms with Crippen LogP contribution in [-0.2, 0) is 0 Å². The Bertz CT molecular complexity index is 287. The average Bonchev–Trinajstić information content (AvgIpc) is 2.10. The van der Waals surface area contributed by atoms with Crippen LogP contribution in [0.2, 0.25) is 0 Å². The van der Waals surface area contributed by atoms with Crippen LogP contribution in [0.4, 0.5) is 0 Å². The number of nitrogens with two attached hydrogens (primary N) is 1. The van der Waals surface area contributed by atoms with E-state index in [0.29, 0.717) is 5.03 Å². The van der Waals surface area contributed by atoms with Crippen molar-refractivity contribution in [2.75, 3.05) is 0 Å². The SMILES string of the molecule is C=C/C=C\C(Cl)=C(/C)C#CC(C)N. The highest BCUT2D eigenvalue weighted by Gasteiger charge is 1.90. The van der Waals surface area contributed by atoms with Gasteiger partial charge in [-0.25, -0.2) is 0 Å². The van der Waals surface area contributed by atoms with Gasteiger partial charge in [-0.2, -0.15) is 0 Å². The first kappa shape index (κ1) is 12.0. The molecule has 0 aliphatic rings. The maximum absolute atomic E-state index is 5.90. The lowest BCUT2D eigenvalue weighted by molar-refractivity contribution is 0.959. The van der Waals surface area contributed by atoms with Crippen LogP contribution in [0.25, 0.3) is 0 Å². The molecule has 1 atom stereocenters. The van der Waals surface area contributed by atoms with Crippen LogP contribution >= 0.6 is 11.6 Å². The first-order valence-corrected chi connectivity index (χ1v) is 4.38. The van der Waals surface area contributed by atoms with Gasteiger partial charge in [0.25, 0.3) is 0 Å². The van der Waals surface area contributed by atoms with Crippen LogP contribution in [0.15, 0.2) is 35.4 Å². The summed E-state index contributed by atoms with van der Waals surface area (Å²) in [5, 5.41) is 0.619. The lowest BCUT2D eigenvalue weighted by Crippen LogP contribution is -2.10. The van der Waals surface area contributed by atoms with Crippen molar-refractivity contribution in [2.45, 2.75) is 19.9 Å². The Morgan fingerprint density at radius 3 is 2.69 bits per heavy atom. The van der Waals surface area contributed by atoms with Crippen LogP contribution in [0.1, 0.15) is 13.8 Å². The Labute approximate surface area is 85.0 Å². The highest BCUT2D eigenvalue weighted by molar-refractivity contribution is 6.31. The first-order chi connectivity index (χ1) is 6.07. The summed E-state index contributed by atoms with van der Waals surface area (Å²) in [6.45, 7) is 7.22. The topological polar surface area (TPSA) is 26.0 Å². The van der Waals surface area contributed by atoms with E-state index in [4.69, 9.17) is 17.3 Å². The fraction of sp³-hybridized carbons (Fsp3) is 0.273. The van der Waals surface area contributed by atoms with E-state index in [1.807, 2.05) is 13.8 Å². The number of hydrogen-bond acceptors (Lipinski definition) is 1. The molecule has 1 nitrogen and oxygen atoms in total. The van der Waals surface area contributed by atoms with Crippen molar-refractivity contribution in [1.29, 1.82) is 0 Å². The van der Waals surface area contributed by atoms with Gasteiger partial charge in [-0.05, 0) is 19.9 Å². The van der Waals surface area contributed by atoms with Crippen molar-refractivity contribution in [1.82, 2.24) is 0 Å². The predicted octanol–water partition coefficient (Wildman–Crippen LogP) is 2.59. The third-order valence-electron chi connectivity index (χ3n) is 1.22. The lowest BCUT2D eigenvalue weighted by atomic mass is 10.2. The average molecular weight is 196 g/mol. The highest BCUT2D eigenvalue weighted by atomic mass is 35.5. The zero-order valence-electron chi connectivity index (χ0n) is 7.97. The van der Waals surface area contributed by atoms with Crippen LogP contribution in [-0.4, -0.2) is 6.04 Å². The Morgan fingerprint density at radius 2 is 2.23 bits per heavy atom. The molecule has 0 rings (SSSR count). The van der Waals surface area contributed by atoms with Gasteiger partial charge in [0.05, 0.1) is 11.1 Å². The van der Waals surface area contributed by atoms with Crippen LogP contribution < -0.4 is 5.73 Å². The molecular weight excluding hydrogens is 182 g/mol. The molecule has 0 saturated carbocycles. The Morgan fingerprint density at radius 1 is 1.62 bits per heavy atom. The molecule has 0 aromatic carbocycles. The summed E-state index contributed by atoms with van der Waals surface area (Å²) in [5.74, 6) is 5.71. The van der Waals surface area contributed by atoms with E-state index in [2.05, 4.69) is 18.4 Å². The highest BCUT2D eigenvalue weighted by Crippen LogP contribution is 2.09. The van der Waals surface area contributed by atoms with Gasteiger partial charge in [0.2, 0.25) is 0 Å². The van der Waals surface area contributed by atoms with Gasteiger partial charge in [0.1, 0.15) is 0 Å². The van der Waals surface area contributed by atoms with Gasteiger partial charge in [0, 0.05) is 5.57 Å². The Balaban J connectivity index is 4.55. The third kappa shape index (κ3) is 6.21. The van der Waals surface area contributed by atoms with Crippen molar-refractivity contribution in [3.05, 3.63) is 35.4 Å². The molecule has 0 aliphatic heterocycles. The minimum atomic E-state index is -0.122. The number of halogens is 1. The summed E-state index contributed by atoms with van der Waals surface area (Å²) in [6, 6.07) is -0.122. The van der Waals surface area contributed by atoms with Crippen molar-refractivity contribution in [2.24, 2.45) is 5.73 Å². The van der Waals surface area contributed by atoms with E-state index in [9.17, 15) is 0 Å². The van der Waals surface area contributed by atoms with Crippen molar-refractivity contribution in [3.8, 4) is 11.8 Å². The van der Waals surface area contributed by atoms with Crippen LogP contribution in [0.3, 0.4) is 0 Å². The molecule has 0 aromatic rings. The van der Waals surface area contributed by atoms with E-state index in [0.717, 1.165) is 5.57 Å². The van der Waals surface area contributed by atoms with Gasteiger partial charge in [-0.1, -0.05) is 42.2 Å². The zero-order chi connectivity index (χ0) is 10.3. The monoisotopic (exact) mass is 195 g/mol. The molecule has 0 fully saturated rings. The standard InChI is InChI=1S/C11H14ClN/c1-4-5-6-11(12)9(2)7-8-10(3)13/h4-6,10H,1,13H2,2-3H3/b6-5-,11-9-. The third-order valence-corrected chi connectivity index (χ3v) is 1.63. The molecule has 70 valence electrons. The number of rotatable bonds is 2. The summed E-state index contributed by atoms with van der Waals surface area (Å²) in [5.41, 5.74) is 6.28. The number of hydrogen-bond donors (Lipinski definition) is 1. The molecule has 0 amide bonds. The second-order valence-electron chi connectivity index (χ2n) is 2.63. The quantitative estimate of drug-likeness (QED) is 0.532. The van der Waals surface area contributed by atoms with Gasteiger partial charge < -0.3 is 5.73 Å². The molecule has 0 spiro atoms. The van der Waals surface area contributed by atoms with Gasteiger partial charge in [-0.15, -0.1) is 0 Å². The normalized spacial score (nSPS) is 14.5. The molecule has 0 heterocycles. The largest absolute Gasteiger partial charge is 0.318 e. The van der Waals surface area contributed by atoms with Crippen LogP contribution in [0.5, 0.6) is 0 Å². The van der Waals surface area contributed by atoms with E-state index in [1.54, 1.807) is 18.2 Å². The zero-order valence-corrected chi connectivity index (χ0v) is 8.73. The fourth-order valence-electron chi connectivity index (χ4n) is 0.559. The summed E-state index contributed by atoms with van der Waals surface area (Å²) in [6.07, 6.45) is 5.17. The van der Waals surface area contributed by atoms with E-state index in [1.165, 1.54) is 0 Å². The molecule has 13 heavy (non-hydrogen) atoms.